The molecule has 2 aliphatic heterocycles. The summed E-state index contributed by atoms with van der Waals surface area (Å²) in [7, 11) is 3.17. The van der Waals surface area contributed by atoms with Crippen LogP contribution in [0.5, 0.6) is 5.75 Å². The minimum absolute atomic E-state index is 0.0424. The number of likely N-dealkylation sites (tertiary alicyclic amines) is 1. The van der Waals surface area contributed by atoms with E-state index in [1.165, 1.54) is 10.5 Å². The monoisotopic (exact) mass is 489 g/mol. The van der Waals surface area contributed by atoms with E-state index in [-0.39, 0.29) is 17.9 Å². The van der Waals surface area contributed by atoms with Crippen LogP contribution in [-0.2, 0) is 17.8 Å². The molecular weight excluding hydrogens is 454 g/mol. The number of piperidine rings is 1. The van der Waals surface area contributed by atoms with Crippen LogP contribution >= 0.6 is 0 Å². The van der Waals surface area contributed by atoms with Crippen molar-refractivity contribution in [3.8, 4) is 17.6 Å². The standard InChI is InChI=1S/C29H35N3O4/c1-28(2,35)15-12-21-8-10-22(11-9-21)20-32-16-13-24(14-17-32)29(26(33)31(3)27(34)30-29)19-23-6-5-7-25(18-23)36-4/h5-11,18,24,35H,13-14,16-17,19-20H2,1-4H3,(H,30,34). The van der Waals surface area contributed by atoms with Gasteiger partial charge in [0.15, 0.2) is 0 Å². The van der Waals surface area contributed by atoms with Gasteiger partial charge in [-0.05, 0) is 81.1 Å². The highest BCUT2D eigenvalue weighted by Crippen LogP contribution is 2.36. The highest BCUT2D eigenvalue weighted by Gasteiger charge is 2.54. The lowest BCUT2D eigenvalue weighted by atomic mass is 9.74. The van der Waals surface area contributed by atoms with Crippen molar-refractivity contribution in [2.45, 2.75) is 50.8 Å². The number of methoxy groups -OCH3 is 1. The molecule has 2 heterocycles. The van der Waals surface area contributed by atoms with Gasteiger partial charge in [-0.25, -0.2) is 4.79 Å². The molecule has 0 aromatic heterocycles. The Balaban J connectivity index is 1.44. The van der Waals surface area contributed by atoms with Crippen LogP contribution in [0.1, 0.15) is 43.4 Å². The summed E-state index contributed by atoms with van der Waals surface area (Å²) in [5.74, 6) is 6.46. The Morgan fingerprint density at radius 1 is 1.11 bits per heavy atom. The Morgan fingerprint density at radius 3 is 2.39 bits per heavy atom. The number of benzene rings is 2. The second-order valence-corrected chi connectivity index (χ2v) is 10.4. The summed E-state index contributed by atoms with van der Waals surface area (Å²) < 4.78 is 5.37. The number of amides is 3. The van der Waals surface area contributed by atoms with Crippen LogP contribution in [0.2, 0.25) is 0 Å². The largest absolute Gasteiger partial charge is 0.497 e. The highest BCUT2D eigenvalue weighted by molar-refractivity contribution is 6.07. The molecule has 1 atom stereocenters. The van der Waals surface area contributed by atoms with Gasteiger partial charge in [-0.15, -0.1) is 0 Å². The quantitative estimate of drug-likeness (QED) is 0.481. The molecule has 0 radical (unpaired) electrons. The average Bonchev–Trinajstić information content (AvgIpc) is 3.07. The summed E-state index contributed by atoms with van der Waals surface area (Å²) >= 11 is 0. The smallest absolute Gasteiger partial charge is 0.324 e. The van der Waals surface area contributed by atoms with E-state index in [4.69, 9.17) is 4.74 Å². The van der Waals surface area contributed by atoms with Crippen molar-refractivity contribution in [2.75, 3.05) is 27.2 Å². The van der Waals surface area contributed by atoms with Gasteiger partial charge >= 0.3 is 6.03 Å². The van der Waals surface area contributed by atoms with E-state index in [0.717, 1.165) is 49.4 Å². The van der Waals surface area contributed by atoms with Crippen molar-refractivity contribution in [1.82, 2.24) is 15.1 Å². The molecular formula is C29H35N3O4. The summed E-state index contributed by atoms with van der Waals surface area (Å²) in [5, 5.41) is 12.9. The minimum atomic E-state index is -1.01. The summed E-state index contributed by atoms with van der Waals surface area (Å²) in [4.78, 5) is 29.5. The zero-order valence-corrected chi connectivity index (χ0v) is 21.5. The first-order chi connectivity index (χ1) is 17.1. The Bertz CT molecular complexity index is 1170. The van der Waals surface area contributed by atoms with Crippen LogP contribution in [0.25, 0.3) is 0 Å². The zero-order chi connectivity index (χ0) is 25.9. The number of likely N-dealkylation sites (N-methyl/N-ethyl adjacent to an activating group) is 1. The lowest BCUT2D eigenvalue weighted by molar-refractivity contribution is -0.133. The van der Waals surface area contributed by atoms with Gasteiger partial charge in [0.2, 0.25) is 0 Å². The Kier molecular flexibility index (Phi) is 7.39. The van der Waals surface area contributed by atoms with Gasteiger partial charge in [-0.3, -0.25) is 14.6 Å². The average molecular weight is 490 g/mol. The normalized spacial score (nSPS) is 21.2. The number of urea groups is 1. The number of imide groups is 1. The number of carbonyl (C=O) groups is 2. The first-order valence-electron chi connectivity index (χ1n) is 12.4. The molecule has 0 saturated carbocycles. The fraction of sp³-hybridized carbons (Fsp3) is 0.448. The molecule has 2 aromatic carbocycles. The van der Waals surface area contributed by atoms with Gasteiger partial charge in [0.25, 0.3) is 5.91 Å². The number of nitrogens with zero attached hydrogens (tertiary/aromatic N) is 2. The molecule has 4 rings (SSSR count). The predicted molar refractivity (Wildman–Crippen MR) is 138 cm³/mol. The van der Waals surface area contributed by atoms with Crippen LogP contribution in [0, 0.1) is 17.8 Å². The van der Waals surface area contributed by atoms with Crippen molar-refractivity contribution >= 4 is 11.9 Å². The first kappa shape index (κ1) is 25.7. The van der Waals surface area contributed by atoms with Gasteiger partial charge in [-0.1, -0.05) is 36.1 Å². The van der Waals surface area contributed by atoms with E-state index in [0.29, 0.717) is 6.42 Å². The van der Waals surface area contributed by atoms with Crippen molar-refractivity contribution in [3.05, 3.63) is 65.2 Å². The molecule has 36 heavy (non-hydrogen) atoms. The second-order valence-electron chi connectivity index (χ2n) is 10.4. The van der Waals surface area contributed by atoms with Gasteiger partial charge in [0.05, 0.1) is 7.11 Å². The fourth-order valence-corrected chi connectivity index (χ4v) is 5.13. The lowest BCUT2D eigenvalue weighted by Gasteiger charge is -2.41. The second kappa shape index (κ2) is 10.3. The maximum Gasteiger partial charge on any atom is 0.324 e. The van der Waals surface area contributed by atoms with Crippen LogP contribution < -0.4 is 10.1 Å². The van der Waals surface area contributed by atoms with Crippen LogP contribution in [0.15, 0.2) is 48.5 Å². The highest BCUT2D eigenvalue weighted by atomic mass is 16.5. The summed E-state index contributed by atoms with van der Waals surface area (Å²) in [6, 6.07) is 15.5. The maximum absolute atomic E-state index is 13.4. The molecule has 2 fully saturated rings. The Hall–Kier alpha value is -3.34. The topological polar surface area (TPSA) is 82.1 Å². The molecule has 1 unspecified atom stereocenters. The molecule has 190 valence electrons. The molecule has 0 spiro atoms. The van der Waals surface area contributed by atoms with Crippen molar-refractivity contribution < 1.29 is 19.4 Å². The van der Waals surface area contributed by atoms with Crippen molar-refractivity contribution in [3.63, 3.8) is 0 Å². The van der Waals surface area contributed by atoms with E-state index in [9.17, 15) is 14.7 Å². The number of hydrogen-bond acceptors (Lipinski definition) is 5. The molecule has 2 saturated heterocycles. The third-order valence-electron chi connectivity index (χ3n) is 7.10. The predicted octanol–water partition coefficient (Wildman–Crippen LogP) is 3.19. The van der Waals surface area contributed by atoms with Crippen LogP contribution in [-0.4, -0.2) is 65.2 Å². The molecule has 3 amide bonds. The molecule has 0 aliphatic carbocycles. The van der Waals surface area contributed by atoms with Gasteiger partial charge in [0, 0.05) is 25.6 Å². The van der Waals surface area contributed by atoms with Crippen LogP contribution in [0.4, 0.5) is 4.79 Å². The minimum Gasteiger partial charge on any atom is -0.497 e. The van der Waals surface area contributed by atoms with Crippen LogP contribution in [0.3, 0.4) is 0 Å². The summed E-state index contributed by atoms with van der Waals surface area (Å²) in [5.41, 5.74) is 1.08. The summed E-state index contributed by atoms with van der Waals surface area (Å²) in [6.07, 6.45) is 2.08. The van der Waals surface area contributed by atoms with Crippen molar-refractivity contribution in [1.29, 1.82) is 0 Å². The fourth-order valence-electron chi connectivity index (χ4n) is 5.13. The number of ether oxygens (including phenoxy) is 1. The van der Waals surface area contributed by atoms with E-state index in [2.05, 4.69) is 34.2 Å². The molecule has 7 nitrogen and oxygen atoms in total. The van der Waals surface area contributed by atoms with Gasteiger partial charge < -0.3 is 15.2 Å². The molecule has 2 aromatic rings. The third-order valence-corrected chi connectivity index (χ3v) is 7.10. The molecule has 7 heteroatoms. The molecule has 0 bridgehead atoms. The zero-order valence-electron chi connectivity index (χ0n) is 21.5. The first-order valence-corrected chi connectivity index (χ1v) is 12.4. The Labute approximate surface area is 213 Å². The van der Waals surface area contributed by atoms with Gasteiger partial charge in [0.1, 0.15) is 16.9 Å². The van der Waals surface area contributed by atoms with E-state index in [1.54, 1.807) is 28.0 Å². The summed E-state index contributed by atoms with van der Waals surface area (Å²) in [6.45, 7) is 5.84. The Morgan fingerprint density at radius 2 is 1.81 bits per heavy atom. The number of rotatable bonds is 6. The number of carbonyl (C=O) groups excluding carboxylic acids is 2. The number of aliphatic hydroxyl groups is 1. The van der Waals surface area contributed by atoms with Crippen molar-refractivity contribution in [2.24, 2.45) is 5.92 Å². The van der Waals surface area contributed by atoms with Gasteiger partial charge in [-0.2, -0.15) is 0 Å². The number of hydrogen-bond donors (Lipinski definition) is 2. The molecule has 2 aliphatic rings. The number of nitrogens with one attached hydrogen (secondary N) is 1. The van der Waals surface area contributed by atoms with E-state index < -0.39 is 11.1 Å². The third kappa shape index (κ3) is 5.72. The molecule has 2 N–H and O–H groups in total. The lowest BCUT2D eigenvalue weighted by Crippen LogP contribution is -2.57. The SMILES string of the molecule is COc1cccc(CC2(C3CCN(Cc4ccc(C#CC(C)(C)O)cc4)CC3)NC(=O)N(C)C2=O)c1. The van der Waals surface area contributed by atoms with E-state index in [1.807, 2.05) is 36.4 Å². The van der Waals surface area contributed by atoms with E-state index >= 15 is 0 Å². The maximum atomic E-state index is 13.4.